The zero-order chi connectivity index (χ0) is 13.0. The van der Waals surface area contributed by atoms with Gasteiger partial charge in [0, 0.05) is 6.04 Å². The number of benzene rings is 1. The van der Waals surface area contributed by atoms with Gasteiger partial charge in [-0.25, -0.2) is 0 Å². The normalized spacial score (nSPS) is 14.7. The van der Waals surface area contributed by atoms with Crippen LogP contribution in [0, 0.1) is 20.8 Å². The van der Waals surface area contributed by atoms with Crippen LogP contribution in [0.4, 0.5) is 0 Å². The van der Waals surface area contributed by atoms with Crippen molar-refractivity contribution in [3.8, 4) is 0 Å². The zero-order valence-corrected chi connectivity index (χ0v) is 11.2. The van der Waals surface area contributed by atoms with Crippen LogP contribution in [0.15, 0.2) is 12.1 Å². The van der Waals surface area contributed by atoms with Crippen molar-refractivity contribution >= 4 is 0 Å². The van der Waals surface area contributed by atoms with Crippen LogP contribution in [-0.2, 0) is 0 Å². The molecule has 0 spiro atoms. The van der Waals surface area contributed by atoms with Gasteiger partial charge in [0.05, 0.1) is 6.10 Å². The van der Waals surface area contributed by atoms with Crippen molar-refractivity contribution in [1.82, 2.24) is 5.32 Å². The molecule has 0 fully saturated rings. The number of aliphatic hydroxyl groups is 1. The van der Waals surface area contributed by atoms with E-state index >= 15 is 0 Å². The molecule has 2 atom stereocenters. The number of aryl methyl sites for hydroxylation is 3. The van der Waals surface area contributed by atoms with Gasteiger partial charge in [0.25, 0.3) is 0 Å². The molecule has 0 amide bonds. The predicted octanol–water partition coefficient (Wildman–Crippen LogP) is 1.58. The summed E-state index contributed by atoms with van der Waals surface area (Å²) in [7, 11) is 1.86. The highest BCUT2D eigenvalue weighted by Gasteiger charge is 2.21. The van der Waals surface area contributed by atoms with Crippen molar-refractivity contribution in [2.24, 2.45) is 5.73 Å². The van der Waals surface area contributed by atoms with E-state index in [1.165, 1.54) is 5.56 Å². The smallest absolute Gasteiger partial charge is 0.0948 e. The maximum absolute atomic E-state index is 10.4. The fourth-order valence-electron chi connectivity index (χ4n) is 2.50. The molecule has 1 rings (SSSR count). The molecular weight excluding hydrogens is 212 g/mol. The van der Waals surface area contributed by atoms with Gasteiger partial charge < -0.3 is 16.2 Å². The van der Waals surface area contributed by atoms with E-state index in [1.54, 1.807) is 0 Å². The molecule has 0 aliphatic rings. The first-order valence-electron chi connectivity index (χ1n) is 6.14. The quantitative estimate of drug-likeness (QED) is 0.727. The lowest BCUT2D eigenvalue weighted by Gasteiger charge is -2.25. The first-order valence-corrected chi connectivity index (χ1v) is 6.14. The zero-order valence-electron chi connectivity index (χ0n) is 11.2. The molecule has 4 N–H and O–H groups in total. The van der Waals surface area contributed by atoms with Crippen LogP contribution < -0.4 is 11.1 Å². The number of likely N-dealkylation sites (N-methyl/N-ethyl adjacent to an activating group) is 1. The lowest BCUT2D eigenvalue weighted by atomic mass is 9.91. The van der Waals surface area contributed by atoms with Crippen LogP contribution in [0.25, 0.3) is 0 Å². The number of rotatable bonds is 5. The van der Waals surface area contributed by atoms with Gasteiger partial charge in [-0.05, 0) is 57.5 Å². The number of hydrogen-bond donors (Lipinski definition) is 3. The summed E-state index contributed by atoms with van der Waals surface area (Å²) in [4.78, 5) is 0. The molecule has 0 aliphatic heterocycles. The van der Waals surface area contributed by atoms with Crippen molar-refractivity contribution < 1.29 is 5.11 Å². The van der Waals surface area contributed by atoms with Gasteiger partial charge >= 0.3 is 0 Å². The monoisotopic (exact) mass is 236 g/mol. The Morgan fingerprint density at radius 1 is 1.24 bits per heavy atom. The average molecular weight is 236 g/mol. The van der Waals surface area contributed by atoms with Gasteiger partial charge in [0.2, 0.25) is 0 Å². The Morgan fingerprint density at radius 3 is 2.18 bits per heavy atom. The van der Waals surface area contributed by atoms with Crippen LogP contribution >= 0.6 is 0 Å². The highest BCUT2D eigenvalue weighted by molar-refractivity contribution is 5.39. The fourth-order valence-corrected chi connectivity index (χ4v) is 2.50. The average Bonchev–Trinajstić information content (AvgIpc) is 2.24. The Bertz CT molecular complexity index is 353. The third-order valence-corrected chi connectivity index (χ3v) is 3.26. The van der Waals surface area contributed by atoms with E-state index in [2.05, 4.69) is 24.4 Å². The summed E-state index contributed by atoms with van der Waals surface area (Å²) < 4.78 is 0. The van der Waals surface area contributed by atoms with Crippen molar-refractivity contribution in [3.05, 3.63) is 34.4 Å². The summed E-state index contributed by atoms with van der Waals surface area (Å²) in [5.74, 6) is 0. The minimum absolute atomic E-state index is 0.0140. The van der Waals surface area contributed by atoms with E-state index in [-0.39, 0.29) is 6.04 Å². The summed E-state index contributed by atoms with van der Waals surface area (Å²) in [6.07, 6.45) is 0.272. The Kier molecular flexibility index (Phi) is 5.12. The third kappa shape index (κ3) is 3.28. The van der Waals surface area contributed by atoms with E-state index in [9.17, 15) is 5.11 Å². The van der Waals surface area contributed by atoms with Crippen LogP contribution in [0.3, 0.4) is 0 Å². The second-order valence-corrected chi connectivity index (χ2v) is 4.73. The first kappa shape index (κ1) is 14.2. The molecular formula is C14H24N2O. The van der Waals surface area contributed by atoms with Crippen LogP contribution in [-0.4, -0.2) is 24.7 Å². The van der Waals surface area contributed by atoms with Crippen molar-refractivity contribution in [2.45, 2.75) is 39.3 Å². The minimum atomic E-state index is -0.496. The molecule has 1 aromatic rings. The standard InChI is InChI=1S/C14H24N2O/c1-9-7-10(2)13(11(3)8-9)14(17)12(16-4)5-6-15/h7-8,12,14,16-17H,5-6,15H2,1-4H3. The van der Waals surface area contributed by atoms with E-state index in [1.807, 2.05) is 20.9 Å². The van der Waals surface area contributed by atoms with Gasteiger partial charge in [0.15, 0.2) is 0 Å². The summed E-state index contributed by atoms with van der Waals surface area (Å²) in [6, 6.07) is 4.24. The van der Waals surface area contributed by atoms with E-state index in [4.69, 9.17) is 5.73 Å². The molecule has 0 bridgehead atoms. The lowest BCUT2D eigenvalue weighted by Crippen LogP contribution is -2.34. The fraction of sp³-hybridized carbons (Fsp3) is 0.571. The Morgan fingerprint density at radius 2 is 1.76 bits per heavy atom. The molecule has 0 aromatic heterocycles. The van der Waals surface area contributed by atoms with Gasteiger partial charge in [-0.1, -0.05) is 17.7 Å². The minimum Gasteiger partial charge on any atom is -0.387 e. The largest absolute Gasteiger partial charge is 0.387 e. The molecule has 1 aromatic carbocycles. The molecule has 3 heteroatoms. The summed E-state index contributed by atoms with van der Waals surface area (Å²) in [5, 5.41) is 13.6. The Labute approximate surface area is 104 Å². The van der Waals surface area contributed by atoms with Crippen molar-refractivity contribution in [2.75, 3.05) is 13.6 Å². The number of hydrogen-bond acceptors (Lipinski definition) is 3. The van der Waals surface area contributed by atoms with Crippen molar-refractivity contribution in [1.29, 1.82) is 0 Å². The highest BCUT2D eigenvalue weighted by Crippen LogP contribution is 2.26. The lowest BCUT2D eigenvalue weighted by molar-refractivity contribution is 0.127. The topological polar surface area (TPSA) is 58.3 Å². The van der Waals surface area contributed by atoms with Gasteiger partial charge in [-0.15, -0.1) is 0 Å². The molecule has 2 unspecified atom stereocenters. The second kappa shape index (κ2) is 6.15. The second-order valence-electron chi connectivity index (χ2n) is 4.73. The van der Waals surface area contributed by atoms with Crippen LogP contribution in [0.5, 0.6) is 0 Å². The maximum Gasteiger partial charge on any atom is 0.0948 e. The number of nitrogens with one attached hydrogen (secondary N) is 1. The Balaban J connectivity index is 3.06. The molecule has 0 saturated heterocycles. The summed E-state index contributed by atoms with van der Waals surface area (Å²) in [6.45, 7) is 6.75. The van der Waals surface area contributed by atoms with E-state index < -0.39 is 6.10 Å². The van der Waals surface area contributed by atoms with E-state index in [0.717, 1.165) is 23.1 Å². The van der Waals surface area contributed by atoms with Gasteiger partial charge in [0.1, 0.15) is 0 Å². The molecule has 0 heterocycles. The molecule has 0 saturated carbocycles. The molecule has 96 valence electrons. The number of aliphatic hydroxyl groups excluding tert-OH is 1. The van der Waals surface area contributed by atoms with E-state index in [0.29, 0.717) is 6.54 Å². The summed E-state index contributed by atoms with van der Waals surface area (Å²) >= 11 is 0. The van der Waals surface area contributed by atoms with Gasteiger partial charge in [-0.2, -0.15) is 0 Å². The SMILES string of the molecule is CNC(CCN)C(O)c1c(C)cc(C)cc1C. The molecule has 17 heavy (non-hydrogen) atoms. The van der Waals surface area contributed by atoms with Crippen LogP contribution in [0.2, 0.25) is 0 Å². The molecule has 0 aliphatic carbocycles. The highest BCUT2D eigenvalue weighted by atomic mass is 16.3. The van der Waals surface area contributed by atoms with Crippen molar-refractivity contribution in [3.63, 3.8) is 0 Å². The van der Waals surface area contributed by atoms with Crippen LogP contribution in [0.1, 0.15) is 34.8 Å². The molecule has 3 nitrogen and oxygen atoms in total. The molecule has 0 radical (unpaired) electrons. The Hall–Kier alpha value is -0.900. The van der Waals surface area contributed by atoms with Gasteiger partial charge in [-0.3, -0.25) is 0 Å². The third-order valence-electron chi connectivity index (χ3n) is 3.26. The number of nitrogens with two attached hydrogens (primary N) is 1. The predicted molar refractivity (Wildman–Crippen MR) is 72.1 cm³/mol. The maximum atomic E-state index is 10.4. The summed E-state index contributed by atoms with van der Waals surface area (Å²) in [5.41, 5.74) is 10.1. The first-order chi connectivity index (χ1) is 8.01.